The number of nitrogens with zero attached hydrogens (tertiary/aromatic N) is 2. The number of carbonyl (C=O) groups is 2. The molecule has 0 radical (unpaired) electrons. The third-order valence-corrected chi connectivity index (χ3v) is 6.51. The number of hydroxylamine groups is 1. The maximum atomic E-state index is 13.6. The first-order chi connectivity index (χ1) is 15.3. The minimum atomic E-state index is -1.03. The van der Waals surface area contributed by atoms with Crippen LogP contribution in [-0.4, -0.2) is 17.9 Å². The second-order valence-corrected chi connectivity index (χ2v) is 9.18. The summed E-state index contributed by atoms with van der Waals surface area (Å²) in [4.78, 5) is 34.1. The zero-order valence-corrected chi connectivity index (χ0v) is 19.2. The Hall–Kier alpha value is -2.28. The molecule has 5 nitrogen and oxygen atoms in total. The zero-order valence-electron chi connectivity index (χ0n) is 16.2. The average molecular weight is 508 g/mol. The first kappa shape index (κ1) is 21.6. The van der Waals surface area contributed by atoms with E-state index in [2.05, 4.69) is 0 Å². The number of fused-ring (bicyclic) bond motifs is 1. The molecule has 3 aromatic rings. The molecule has 2 aliphatic heterocycles. The van der Waals surface area contributed by atoms with Crippen LogP contribution in [-0.2, 0) is 14.4 Å². The SMILES string of the molecule is O=C1C2ON(c3ccccc3)C(c3ccc(Cl)cc3Cl)C2C(=O)N1c1cc(Cl)cc(Cl)c1. The van der Waals surface area contributed by atoms with Gasteiger partial charge in [-0.05, 0) is 48.0 Å². The largest absolute Gasteiger partial charge is 0.273 e. The van der Waals surface area contributed by atoms with E-state index < -0.39 is 29.9 Å². The van der Waals surface area contributed by atoms with E-state index in [-0.39, 0.29) is 0 Å². The van der Waals surface area contributed by atoms with E-state index in [1.54, 1.807) is 23.3 Å². The minimum Gasteiger partial charge on any atom is -0.273 e. The summed E-state index contributed by atoms with van der Waals surface area (Å²) in [6, 6.07) is 18.2. The number of carbonyl (C=O) groups excluding carboxylic acids is 2. The third kappa shape index (κ3) is 3.54. The molecule has 3 aromatic carbocycles. The first-order valence-corrected chi connectivity index (χ1v) is 11.2. The molecule has 0 aromatic heterocycles. The lowest BCUT2D eigenvalue weighted by Crippen LogP contribution is -2.37. The summed E-state index contributed by atoms with van der Waals surface area (Å²) in [6.45, 7) is 0. The molecule has 2 heterocycles. The van der Waals surface area contributed by atoms with Crippen LogP contribution >= 0.6 is 46.4 Å². The Morgan fingerprint density at radius 1 is 0.719 bits per heavy atom. The Morgan fingerprint density at radius 2 is 1.41 bits per heavy atom. The van der Waals surface area contributed by atoms with Crippen LogP contribution in [0.25, 0.3) is 0 Å². The summed E-state index contributed by atoms with van der Waals surface area (Å²) in [5.74, 6) is -1.75. The highest BCUT2D eigenvalue weighted by molar-refractivity contribution is 6.36. The molecule has 2 aliphatic rings. The van der Waals surface area contributed by atoms with Crippen LogP contribution < -0.4 is 9.96 Å². The number of amides is 2. The summed E-state index contributed by atoms with van der Waals surface area (Å²) in [7, 11) is 0. The Kier molecular flexibility index (Phi) is 5.56. The van der Waals surface area contributed by atoms with Crippen molar-refractivity contribution < 1.29 is 14.4 Å². The van der Waals surface area contributed by atoms with E-state index in [9.17, 15) is 9.59 Å². The molecular formula is C23H14Cl4N2O3. The van der Waals surface area contributed by atoms with E-state index in [0.717, 1.165) is 4.90 Å². The van der Waals surface area contributed by atoms with Crippen molar-refractivity contribution in [1.82, 2.24) is 0 Å². The van der Waals surface area contributed by atoms with Gasteiger partial charge in [0.25, 0.3) is 5.91 Å². The Morgan fingerprint density at radius 3 is 2.06 bits per heavy atom. The van der Waals surface area contributed by atoms with Gasteiger partial charge >= 0.3 is 0 Å². The molecule has 2 fully saturated rings. The van der Waals surface area contributed by atoms with Gasteiger partial charge in [0.2, 0.25) is 5.91 Å². The van der Waals surface area contributed by atoms with Crippen molar-refractivity contribution in [3.8, 4) is 0 Å². The van der Waals surface area contributed by atoms with Gasteiger partial charge in [-0.1, -0.05) is 70.7 Å². The number of hydrogen-bond acceptors (Lipinski definition) is 4. The predicted molar refractivity (Wildman–Crippen MR) is 125 cm³/mol. The maximum absolute atomic E-state index is 13.6. The fourth-order valence-electron chi connectivity index (χ4n) is 4.19. The normalized spacial score (nSPS) is 22.6. The molecule has 9 heteroatoms. The van der Waals surface area contributed by atoms with Gasteiger partial charge in [-0.25, -0.2) is 9.96 Å². The number of rotatable bonds is 3. The predicted octanol–water partition coefficient (Wildman–Crippen LogP) is 6.35. The topological polar surface area (TPSA) is 49.9 Å². The molecule has 0 spiro atoms. The second kappa shape index (κ2) is 8.25. The van der Waals surface area contributed by atoms with Crippen molar-refractivity contribution in [3.05, 3.63) is 92.4 Å². The fraction of sp³-hybridized carbons (Fsp3) is 0.130. The van der Waals surface area contributed by atoms with Gasteiger partial charge < -0.3 is 0 Å². The van der Waals surface area contributed by atoms with E-state index >= 15 is 0 Å². The molecule has 2 saturated heterocycles. The second-order valence-electron chi connectivity index (χ2n) is 7.46. The van der Waals surface area contributed by atoms with Crippen molar-refractivity contribution in [2.45, 2.75) is 12.1 Å². The molecule has 5 rings (SSSR count). The third-order valence-electron chi connectivity index (χ3n) is 5.51. The summed E-state index contributed by atoms with van der Waals surface area (Å²) >= 11 is 24.8. The fourth-order valence-corrected chi connectivity index (χ4v) is 5.23. The van der Waals surface area contributed by atoms with Gasteiger partial charge in [0.15, 0.2) is 6.10 Å². The van der Waals surface area contributed by atoms with Crippen LogP contribution in [0.4, 0.5) is 11.4 Å². The summed E-state index contributed by atoms with van der Waals surface area (Å²) in [5.41, 5.74) is 1.61. The summed E-state index contributed by atoms with van der Waals surface area (Å²) in [5, 5.41) is 3.04. The molecule has 32 heavy (non-hydrogen) atoms. The van der Waals surface area contributed by atoms with Crippen LogP contribution in [0.2, 0.25) is 20.1 Å². The van der Waals surface area contributed by atoms with E-state index in [4.69, 9.17) is 51.2 Å². The van der Waals surface area contributed by atoms with Gasteiger partial charge in [0.05, 0.1) is 17.4 Å². The molecule has 0 saturated carbocycles. The van der Waals surface area contributed by atoms with Crippen LogP contribution in [0.15, 0.2) is 66.7 Å². The summed E-state index contributed by atoms with van der Waals surface area (Å²) in [6.07, 6.45) is -1.03. The lowest BCUT2D eigenvalue weighted by molar-refractivity contribution is -0.126. The van der Waals surface area contributed by atoms with Crippen molar-refractivity contribution in [2.75, 3.05) is 9.96 Å². The van der Waals surface area contributed by atoms with Crippen LogP contribution in [0.1, 0.15) is 11.6 Å². The molecule has 0 bridgehead atoms. The molecule has 0 aliphatic carbocycles. The van der Waals surface area contributed by atoms with Crippen LogP contribution in [0.5, 0.6) is 0 Å². The number of para-hydroxylation sites is 1. The number of anilines is 2. The van der Waals surface area contributed by atoms with Gasteiger partial charge in [0, 0.05) is 20.1 Å². The molecule has 3 unspecified atom stereocenters. The highest BCUT2D eigenvalue weighted by atomic mass is 35.5. The lowest BCUT2D eigenvalue weighted by Gasteiger charge is -2.29. The number of hydrogen-bond donors (Lipinski definition) is 0. The van der Waals surface area contributed by atoms with Gasteiger partial charge in [0.1, 0.15) is 5.92 Å². The molecule has 2 amide bonds. The first-order valence-electron chi connectivity index (χ1n) is 9.65. The van der Waals surface area contributed by atoms with E-state index in [1.165, 1.54) is 18.2 Å². The van der Waals surface area contributed by atoms with E-state index in [0.29, 0.717) is 37.0 Å². The quantitative estimate of drug-likeness (QED) is 0.387. The molecule has 0 N–H and O–H groups in total. The smallest absolute Gasteiger partial charge is 0.266 e. The van der Waals surface area contributed by atoms with Crippen molar-refractivity contribution in [2.24, 2.45) is 5.92 Å². The Balaban J connectivity index is 1.62. The van der Waals surface area contributed by atoms with Crippen molar-refractivity contribution >= 4 is 69.6 Å². The lowest BCUT2D eigenvalue weighted by atomic mass is 9.90. The number of imide groups is 1. The van der Waals surface area contributed by atoms with E-state index in [1.807, 2.05) is 30.3 Å². The van der Waals surface area contributed by atoms with Crippen molar-refractivity contribution in [1.29, 1.82) is 0 Å². The van der Waals surface area contributed by atoms with Gasteiger partial charge in [-0.3, -0.25) is 14.4 Å². The Bertz CT molecular complexity index is 1220. The van der Waals surface area contributed by atoms with Gasteiger partial charge in [-0.2, -0.15) is 0 Å². The molecule has 3 atom stereocenters. The number of benzene rings is 3. The highest BCUT2D eigenvalue weighted by Gasteiger charge is 2.60. The molecule has 162 valence electrons. The standard InChI is InChI=1S/C23H14Cl4N2O3/c24-12-6-7-17(18(27)11-12)20-19-21(32-29(20)15-4-2-1-3-5-15)23(31)28(22(19)30)16-9-13(25)8-14(26)10-16/h1-11,19-21H. The maximum Gasteiger partial charge on any atom is 0.266 e. The monoisotopic (exact) mass is 506 g/mol. The average Bonchev–Trinajstić information content (AvgIpc) is 3.24. The Labute approximate surface area is 203 Å². The van der Waals surface area contributed by atoms with Crippen molar-refractivity contribution in [3.63, 3.8) is 0 Å². The molecular weight excluding hydrogens is 494 g/mol. The minimum absolute atomic E-state index is 0.294. The summed E-state index contributed by atoms with van der Waals surface area (Å²) < 4.78 is 0. The van der Waals surface area contributed by atoms with Crippen LogP contribution in [0.3, 0.4) is 0 Å². The zero-order chi connectivity index (χ0) is 22.6. The number of halogens is 4. The highest BCUT2D eigenvalue weighted by Crippen LogP contribution is 2.49. The van der Waals surface area contributed by atoms with Gasteiger partial charge in [-0.15, -0.1) is 0 Å². The van der Waals surface area contributed by atoms with Crippen LogP contribution in [0, 0.1) is 5.92 Å².